The van der Waals surface area contributed by atoms with E-state index < -0.39 is 17.7 Å². The first-order valence-corrected chi connectivity index (χ1v) is 10.9. The molecule has 0 spiro atoms. The van der Waals surface area contributed by atoms with Gasteiger partial charge in [0.15, 0.2) is 0 Å². The summed E-state index contributed by atoms with van der Waals surface area (Å²) in [5.74, 6) is -1.27. The van der Waals surface area contributed by atoms with E-state index in [0.717, 1.165) is 4.88 Å². The van der Waals surface area contributed by atoms with Gasteiger partial charge in [-0.1, -0.05) is 47.5 Å². The molecule has 2 aromatic carbocycles. The number of carbonyl (C=O) groups excluding carboxylic acids is 2. The second-order valence-corrected chi connectivity index (χ2v) is 8.72. The first kappa shape index (κ1) is 21.4. The lowest BCUT2D eigenvalue weighted by molar-refractivity contribution is -0.140. The number of hydrogen-bond donors (Lipinski definition) is 1. The summed E-state index contributed by atoms with van der Waals surface area (Å²) in [7, 11) is 1.52. The largest absolute Gasteiger partial charge is 0.507 e. The second kappa shape index (κ2) is 8.75. The number of ketones is 1. The van der Waals surface area contributed by atoms with Crippen LogP contribution in [0.5, 0.6) is 5.75 Å². The minimum Gasteiger partial charge on any atom is -0.507 e. The number of methoxy groups -OCH3 is 1. The summed E-state index contributed by atoms with van der Waals surface area (Å²) in [5.41, 5.74) is 0.871. The number of nitrogens with zero attached hydrogens (tertiary/aromatic N) is 1. The summed E-state index contributed by atoms with van der Waals surface area (Å²) < 4.78 is 5.49. The Bertz CT molecular complexity index is 1190. The molecule has 1 unspecified atom stereocenters. The van der Waals surface area contributed by atoms with Crippen molar-refractivity contribution < 1.29 is 19.4 Å². The smallest absolute Gasteiger partial charge is 0.295 e. The van der Waals surface area contributed by atoms with Crippen LogP contribution in [0, 0.1) is 0 Å². The van der Waals surface area contributed by atoms with E-state index in [4.69, 9.17) is 27.9 Å². The van der Waals surface area contributed by atoms with Crippen LogP contribution in [-0.2, 0) is 16.1 Å². The Hall–Kier alpha value is -2.80. The normalized spacial score (nSPS) is 17.9. The van der Waals surface area contributed by atoms with Gasteiger partial charge in [-0.25, -0.2) is 0 Å². The third-order valence-electron chi connectivity index (χ3n) is 5.07. The van der Waals surface area contributed by atoms with Crippen molar-refractivity contribution in [1.29, 1.82) is 0 Å². The molecule has 158 valence electrons. The van der Waals surface area contributed by atoms with Gasteiger partial charge < -0.3 is 14.7 Å². The fourth-order valence-corrected chi connectivity index (χ4v) is 4.63. The van der Waals surface area contributed by atoms with Crippen LogP contribution < -0.4 is 4.74 Å². The van der Waals surface area contributed by atoms with Gasteiger partial charge in [0.25, 0.3) is 11.7 Å². The summed E-state index contributed by atoms with van der Waals surface area (Å²) in [5, 5.41) is 13.6. The van der Waals surface area contributed by atoms with E-state index in [1.165, 1.54) is 35.5 Å². The molecule has 5 nitrogen and oxygen atoms in total. The molecular weight excluding hydrogens is 457 g/mol. The molecule has 31 heavy (non-hydrogen) atoms. The molecule has 1 aliphatic rings. The molecule has 3 aromatic rings. The molecule has 1 atom stereocenters. The summed E-state index contributed by atoms with van der Waals surface area (Å²) in [6.45, 7) is 0.225. The zero-order chi connectivity index (χ0) is 22.1. The van der Waals surface area contributed by atoms with Crippen LogP contribution in [0.3, 0.4) is 0 Å². The number of likely N-dealkylation sites (tertiary alicyclic amines) is 1. The van der Waals surface area contributed by atoms with E-state index in [-0.39, 0.29) is 22.9 Å². The number of amides is 1. The van der Waals surface area contributed by atoms with Crippen molar-refractivity contribution in [2.24, 2.45) is 0 Å². The maximum absolute atomic E-state index is 13.1. The van der Waals surface area contributed by atoms with E-state index in [1.807, 2.05) is 17.5 Å². The first-order chi connectivity index (χ1) is 14.9. The van der Waals surface area contributed by atoms with Crippen LogP contribution in [0.4, 0.5) is 0 Å². The van der Waals surface area contributed by atoms with E-state index in [2.05, 4.69) is 0 Å². The summed E-state index contributed by atoms with van der Waals surface area (Å²) >= 11 is 13.6. The number of rotatable bonds is 5. The molecular formula is C23H17Cl2NO4S. The zero-order valence-electron chi connectivity index (χ0n) is 16.3. The standard InChI is InChI=1S/C23H17Cl2NO4S/c1-30-18-7-3-2-6-15(18)20-19(21(27)13-8-9-16(24)17(25)11-13)22(28)23(29)26(20)12-14-5-4-10-31-14/h2-11,20,27H,12H2,1H3/b21-19+. The molecule has 0 bridgehead atoms. The van der Waals surface area contributed by atoms with Crippen LogP contribution in [-0.4, -0.2) is 28.8 Å². The number of benzene rings is 2. The van der Waals surface area contributed by atoms with Crippen LogP contribution in [0.25, 0.3) is 5.76 Å². The lowest BCUT2D eigenvalue weighted by atomic mass is 9.94. The predicted octanol–water partition coefficient (Wildman–Crippen LogP) is 5.69. The van der Waals surface area contributed by atoms with Crippen LogP contribution in [0.15, 0.2) is 65.6 Å². The van der Waals surface area contributed by atoms with Gasteiger partial charge in [-0.3, -0.25) is 9.59 Å². The molecule has 4 rings (SSSR count). The summed E-state index contributed by atoms with van der Waals surface area (Å²) in [6, 6.07) is 14.6. The van der Waals surface area contributed by atoms with Crippen LogP contribution >= 0.6 is 34.5 Å². The van der Waals surface area contributed by atoms with Crippen molar-refractivity contribution in [3.8, 4) is 5.75 Å². The highest BCUT2D eigenvalue weighted by Gasteiger charge is 2.47. The van der Waals surface area contributed by atoms with Crippen molar-refractivity contribution >= 4 is 52.0 Å². The Labute approximate surface area is 193 Å². The fourth-order valence-electron chi connectivity index (χ4n) is 3.63. The Morgan fingerprint density at radius 3 is 2.55 bits per heavy atom. The fraction of sp³-hybridized carbons (Fsp3) is 0.130. The molecule has 2 heterocycles. The third kappa shape index (κ3) is 3.94. The Balaban J connectivity index is 1.92. The second-order valence-electron chi connectivity index (χ2n) is 6.88. The van der Waals surface area contributed by atoms with Crippen molar-refractivity contribution in [3.63, 3.8) is 0 Å². The van der Waals surface area contributed by atoms with Gasteiger partial charge in [-0.15, -0.1) is 11.3 Å². The van der Waals surface area contributed by atoms with Gasteiger partial charge in [0.2, 0.25) is 0 Å². The van der Waals surface area contributed by atoms with Crippen molar-refractivity contribution in [2.45, 2.75) is 12.6 Å². The van der Waals surface area contributed by atoms with Gasteiger partial charge in [-0.05, 0) is 35.7 Å². The average Bonchev–Trinajstić information content (AvgIpc) is 3.37. The Kier molecular flexibility index (Phi) is 6.05. The van der Waals surface area contributed by atoms with E-state index in [1.54, 1.807) is 30.3 Å². The van der Waals surface area contributed by atoms with Gasteiger partial charge in [-0.2, -0.15) is 0 Å². The van der Waals surface area contributed by atoms with Crippen molar-refractivity contribution in [2.75, 3.05) is 7.11 Å². The third-order valence-corrected chi connectivity index (χ3v) is 6.67. The topological polar surface area (TPSA) is 66.8 Å². The Morgan fingerprint density at radius 2 is 1.87 bits per heavy atom. The molecule has 1 fully saturated rings. The molecule has 1 amide bonds. The minimum absolute atomic E-state index is 0.0237. The molecule has 1 N–H and O–H groups in total. The highest BCUT2D eigenvalue weighted by molar-refractivity contribution is 7.09. The Morgan fingerprint density at radius 1 is 1.10 bits per heavy atom. The van der Waals surface area contributed by atoms with Crippen molar-refractivity contribution in [1.82, 2.24) is 4.90 Å². The highest BCUT2D eigenvalue weighted by Crippen LogP contribution is 2.43. The maximum Gasteiger partial charge on any atom is 0.295 e. The van der Waals surface area contributed by atoms with Gasteiger partial charge >= 0.3 is 0 Å². The molecule has 0 aliphatic carbocycles. The number of aliphatic hydroxyl groups excluding tert-OH is 1. The zero-order valence-corrected chi connectivity index (χ0v) is 18.7. The molecule has 0 saturated carbocycles. The number of ether oxygens (including phenoxy) is 1. The number of Topliss-reactive ketones (excluding diaryl/α,β-unsaturated/α-hetero) is 1. The highest BCUT2D eigenvalue weighted by atomic mass is 35.5. The van der Waals surface area contributed by atoms with E-state index in [9.17, 15) is 14.7 Å². The average molecular weight is 474 g/mol. The van der Waals surface area contributed by atoms with E-state index >= 15 is 0 Å². The van der Waals surface area contributed by atoms with Gasteiger partial charge in [0.05, 0.1) is 35.3 Å². The summed E-state index contributed by atoms with van der Waals surface area (Å²) in [6.07, 6.45) is 0. The van der Waals surface area contributed by atoms with Crippen LogP contribution in [0.1, 0.15) is 22.0 Å². The SMILES string of the molecule is COc1ccccc1C1/C(=C(\O)c2ccc(Cl)c(Cl)c2)C(=O)C(=O)N1Cc1cccs1. The van der Waals surface area contributed by atoms with Crippen molar-refractivity contribution in [3.05, 3.63) is 91.6 Å². The van der Waals surface area contributed by atoms with E-state index in [0.29, 0.717) is 21.9 Å². The maximum atomic E-state index is 13.1. The quantitative estimate of drug-likeness (QED) is 0.293. The number of hydrogen-bond acceptors (Lipinski definition) is 5. The minimum atomic E-state index is -0.826. The molecule has 1 aromatic heterocycles. The number of thiophene rings is 1. The number of aliphatic hydroxyl groups is 1. The predicted molar refractivity (Wildman–Crippen MR) is 122 cm³/mol. The number of carbonyl (C=O) groups is 2. The summed E-state index contributed by atoms with van der Waals surface area (Å²) in [4.78, 5) is 28.5. The number of halogens is 2. The number of para-hydroxylation sites is 1. The van der Waals surface area contributed by atoms with Gasteiger partial charge in [0, 0.05) is 16.0 Å². The van der Waals surface area contributed by atoms with Gasteiger partial charge in [0.1, 0.15) is 11.5 Å². The monoisotopic (exact) mass is 473 g/mol. The van der Waals surface area contributed by atoms with Crippen LogP contribution in [0.2, 0.25) is 10.0 Å². The molecule has 8 heteroatoms. The molecule has 0 radical (unpaired) electrons. The first-order valence-electron chi connectivity index (χ1n) is 9.31. The lowest BCUT2D eigenvalue weighted by Gasteiger charge is -2.26. The molecule has 1 aliphatic heterocycles. The molecule has 1 saturated heterocycles. The lowest BCUT2D eigenvalue weighted by Crippen LogP contribution is -2.29.